The summed E-state index contributed by atoms with van der Waals surface area (Å²) in [6, 6.07) is 0.388. The van der Waals surface area contributed by atoms with Gasteiger partial charge in [0.05, 0.1) is 5.41 Å². The van der Waals surface area contributed by atoms with Crippen LogP contribution in [0.15, 0.2) is 0 Å². The smallest absolute Gasteiger partial charge is 0.227 e. The molecule has 0 spiro atoms. The van der Waals surface area contributed by atoms with Crippen LogP contribution >= 0.6 is 0 Å². The molecular formula is C14H27N3O. The molecule has 4 nitrogen and oxygen atoms in total. The van der Waals surface area contributed by atoms with Gasteiger partial charge < -0.3 is 15.5 Å². The summed E-state index contributed by atoms with van der Waals surface area (Å²) in [5.74, 6) is 0.284. The fourth-order valence-electron chi connectivity index (χ4n) is 3.12. The molecule has 4 heteroatoms. The van der Waals surface area contributed by atoms with Crippen molar-refractivity contribution in [2.24, 2.45) is 5.41 Å². The van der Waals surface area contributed by atoms with Gasteiger partial charge in [0, 0.05) is 12.6 Å². The summed E-state index contributed by atoms with van der Waals surface area (Å²) in [5.41, 5.74) is -0.151. The van der Waals surface area contributed by atoms with Crippen LogP contribution in [0, 0.1) is 5.41 Å². The van der Waals surface area contributed by atoms with Crippen molar-refractivity contribution in [1.82, 2.24) is 15.5 Å². The molecule has 0 aromatic carbocycles. The molecule has 0 aliphatic carbocycles. The van der Waals surface area contributed by atoms with Crippen molar-refractivity contribution in [3.8, 4) is 0 Å². The zero-order valence-corrected chi connectivity index (χ0v) is 11.8. The first-order valence-electron chi connectivity index (χ1n) is 7.36. The minimum Gasteiger partial charge on any atom is -0.353 e. The van der Waals surface area contributed by atoms with Gasteiger partial charge in [-0.05, 0) is 58.8 Å². The number of nitrogens with zero attached hydrogens (tertiary/aromatic N) is 1. The van der Waals surface area contributed by atoms with E-state index in [1.165, 1.54) is 0 Å². The zero-order chi connectivity index (χ0) is 13.0. The molecule has 18 heavy (non-hydrogen) atoms. The fraction of sp³-hybridized carbons (Fsp3) is 0.929. The molecule has 0 aromatic heterocycles. The molecule has 2 aliphatic heterocycles. The third-order valence-electron chi connectivity index (χ3n) is 4.68. The highest BCUT2D eigenvalue weighted by Crippen LogP contribution is 2.30. The summed E-state index contributed by atoms with van der Waals surface area (Å²) in [5, 5.41) is 6.68. The largest absolute Gasteiger partial charge is 0.353 e. The molecule has 2 N–H and O–H groups in total. The van der Waals surface area contributed by atoms with E-state index in [1.807, 2.05) is 0 Å². The molecule has 2 rings (SSSR count). The van der Waals surface area contributed by atoms with Gasteiger partial charge in [0.2, 0.25) is 5.91 Å². The summed E-state index contributed by atoms with van der Waals surface area (Å²) in [7, 11) is 2.15. The monoisotopic (exact) mass is 253 g/mol. The average molecular weight is 253 g/mol. The molecule has 0 saturated carbocycles. The number of piperidine rings is 2. The summed E-state index contributed by atoms with van der Waals surface area (Å²) in [6.45, 7) is 6.25. The average Bonchev–Trinajstić information content (AvgIpc) is 2.42. The summed E-state index contributed by atoms with van der Waals surface area (Å²) in [4.78, 5) is 14.9. The first kappa shape index (κ1) is 13.8. The Balaban J connectivity index is 1.89. The van der Waals surface area contributed by atoms with Crippen molar-refractivity contribution in [2.75, 3.05) is 33.2 Å². The van der Waals surface area contributed by atoms with Crippen LogP contribution in [-0.4, -0.2) is 50.1 Å². The van der Waals surface area contributed by atoms with E-state index >= 15 is 0 Å². The Kier molecular flexibility index (Phi) is 4.62. The van der Waals surface area contributed by atoms with Gasteiger partial charge in [-0.25, -0.2) is 0 Å². The van der Waals surface area contributed by atoms with Gasteiger partial charge in [0.1, 0.15) is 0 Å². The minimum absolute atomic E-state index is 0.151. The highest BCUT2D eigenvalue weighted by Gasteiger charge is 2.38. The van der Waals surface area contributed by atoms with Gasteiger partial charge in [-0.2, -0.15) is 0 Å². The second kappa shape index (κ2) is 6.02. The molecule has 2 saturated heterocycles. The van der Waals surface area contributed by atoms with Crippen LogP contribution in [0.3, 0.4) is 0 Å². The Bertz CT molecular complexity index is 279. The third kappa shape index (κ3) is 3.04. The number of likely N-dealkylation sites (tertiary alicyclic amines) is 1. The van der Waals surface area contributed by atoms with E-state index < -0.39 is 0 Å². The number of nitrogens with one attached hydrogen (secondary N) is 2. The van der Waals surface area contributed by atoms with Crippen molar-refractivity contribution in [3.63, 3.8) is 0 Å². The van der Waals surface area contributed by atoms with E-state index in [1.54, 1.807) is 0 Å². The number of hydrogen-bond donors (Lipinski definition) is 2. The van der Waals surface area contributed by atoms with Gasteiger partial charge in [-0.15, -0.1) is 0 Å². The topological polar surface area (TPSA) is 44.4 Å². The Hall–Kier alpha value is -0.610. The predicted molar refractivity (Wildman–Crippen MR) is 73.5 cm³/mol. The van der Waals surface area contributed by atoms with Crippen molar-refractivity contribution in [2.45, 2.75) is 45.1 Å². The summed E-state index contributed by atoms with van der Waals surface area (Å²) in [6.07, 6.45) is 5.28. The molecule has 0 aromatic rings. The van der Waals surface area contributed by atoms with E-state index in [-0.39, 0.29) is 11.3 Å². The van der Waals surface area contributed by atoms with Crippen LogP contribution in [0.4, 0.5) is 0 Å². The quantitative estimate of drug-likeness (QED) is 0.788. The number of amides is 1. The lowest BCUT2D eigenvalue weighted by molar-refractivity contribution is -0.133. The number of hydrogen-bond acceptors (Lipinski definition) is 3. The maximum atomic E-state index is 12.5. The number of carbonyl (C=O) groups excluding carboxylic acids is 1. The van der Waals surface area contributed by atoms with Crippen molar-refractivity contribution < 1.29 is 4.79 Å². The van der Waals surface area contributed by atoms with Gasteiger partial charge >= 0.3 is 0 Å². The minimum atomic E-state index is -0.151. The number of rotatable bonds is 3. The van der Waals surface area contributed by atoms with Gasteiger partial charge in [-0.1, -0.05) is 6.92 Å². The van der Waals surface area contributed by atoms with E-state index in [4.69, 9.17) is 0 Å². The second-order valence-corrected chi connectivity index (χ2v) is 5.97. The molecule has 1 amide bonds. The zero-order valence-electron chi connectivity index (χ0n) is 11.8. The van der Waals surface area contributed by atoms with Crippen LogP contribution in [0.2, 0.25) is 0 Å². The Morgan fingerprint density at radius 2 is 2.17 bits per heavy atom. The molecule has 1 atom stereocenters. The SMILES string of the molecule is CCC1(C(=O)NC2CCN(C)CC2)CCCNC1. The van der Waals surface area contributed by atoms with Crippen molar-refractivity contribution in [1.29, 1.82) is 0 Å². The standard InChI is InChI=1S/C14H27N3O/c1-3-14(7-4-8-15-11-14)13(18)16-12-5-9-17(2)10-6-12/h12,15H,3-11H2,1-2H3,(H,16,18). The summed E-state index contributed by atoms with van der Waals surface area (Å²) < 4.78 is 0. The summed E-state index contributed by atoms with van der Waals surface area (Å²) >= 11 is 0. The number of carbonyl (C=O) groups is 1. The third-order valence-corrected chi connectivity index (χ3v) is 4.68. The van der Waals surface area contributed by atoms with E-state index in [0.29, 0.717) is 6.04 Å². The van der Waals surface area contributed by atoms with E-state index in [2.05, 4.69) is 29.5 Å². The first-order valence-corrected chi connectivity index (χ1v) is 7.36. The molecule has 2 aliphatic rings. The van der Waals surface area contributed by atoms with Crippen LogP contribution in [-0.2, 0) is 4.79 Å². The van der Waals surface area contributed by atoms with E-state index in [9.17, 15) is 4.79 Å². The Morgan fingerprint density at radius 1 is 1.44 bits per heavy atom. The maximum absolute atomic E-state index is 12.5. The van der Waals surface area contributed by atoms with Crippen molar-refractivity contribution >= 4 is 5.91 Å². The van der Waals surface area contributed by atoms with E-state index in [0.717, 1.165) is 58.3 Å². The lowest BCUT2D eigenvalue weighted by Crippen LogP contribution is -2.54. The van der Waals surface area contributed by atoms with Gasteiger partial charge in [0.15, 0.2) is 0 Å². The van der Waals surface area contributed by atoms with Crippen molar-refractivity contribution in [3.05, 3.63) is 0 Å². The Labute approximate surface area is 110 Å². The first-order chi connectivity index (χ1) is 8.66. The Morgan fingerprint density at radius 3 is 2.72 bits per heavy atom. The normalized spacial score (nSPS) is 31.2. The second-order valence-electron chi connectivity index (χ2n) is 5.97. The molecule has 2 heterocycles. The lowest BCUT2D eigenvalue weighted by atomic mass is 9.77. The molecule has 2 fully saturated rings. The van der Waals surface area contributed by atoms with Gasteiger partial charge in [0.25, 0.3) is 0 Å². The van der Waals surface area contributed by atoms with Crippen LogP contribution in [0.5, 0.6) is 0 Å². The van der Waals surface area contributed by atoms with Crippen LogP contribution in [0.1, 0.15) is 39.0 Å². The highest BCUT2D eigenvalue weighted by molar-refractivity contribution is 5.83. The molecule has 0 radical (unpaired) electrons. The lowest BCUT2D eigenvalue weighted by Gasteiger charge is -2.38. The molecular weight excluding hydrogens is 226 g/mol. The highest BCUT2D eigenvalue weighted by atomic mass is 16.2. The fourth-order valence-corrected chi connectivity index (χ4v) is 3.12. The van der Waals surface area contributed by atoms with Crippen LogP contribution in [0.25, 0.3) is 0 Å². The maximum Gasteiger partial charge on any atom is 0.227 e. The predicted octanol–water partition coefficient (Wildman–Crippen LogP) is 0.977. The molecule has 1 unspecified atom stereocenters. The van der Waals surface area contributed by atoms with Crippen LogP contribution < -0.4 is 10.6 Å². The molecule has 104 valence electrons. The van der Waals surface area contributed by atoms with Gasteiger partial charge in [-0.3, -0.25) is 4.79 Å². The molecule has 0 bridgehead atoms.